The molecule has 0 aromatic carbocycles. The van der Waals surface area contributed by atoms with Crippen molar-refractivity contribution in [3.63, 3.8) is 0 Å². The van der Waals surface area contributed by atoms with E-state index in [4.69, 9.17) is 14.9 Å². The Morgan fingerprint density at radius 3 is 0.737 bits per heavy atom. The van der Waals surface area contributed by atoms with Gasteiger partial charge in [0.05, 0.1) is 0 Å². The van der Waals surface area contributed by atoms with Crippen molar-refractivity contribution < 1.29 is 24.3 Å². The predicted octanol–water partition coefficient (Wildman–Crippen LogP) is 11.0. The second-order valence-electron chi connectivity index (χ2n) is 11.8. The molecule has 0 aliphatic rings. The maximum atomic E-state index is 10.8. The first-order valence-corrected chi connectivity index (χ1v) is 18.5. The van der Waals surface area contributed by atoms with Crippen LogP contribution in [0, 0.1) is 0 Å². The van der Waals surface area contributed by atoms with Gasteiger partial charge < -0.3 is 14.9 Å². The summed E-state index contributed by atoms with van der Waals surface area (Å²) >= 11 is 0. The molecule has 0 aromatic heterocycles. The summed E-state index contributed by atoms with van der Waals surface area (Å²) in [6.07, 6.45) is 37.9. The van der Waals surface area contributed by atoms with Gasteiger partial charge in [0.15, 0.2) is 0 Å². The van der Waals surface area contributed by atoms with E-state index in [1.807, 2.05) is 0 Å². The molecular weight excluding hydrogens is 495 g/mol. The molecule has 0 radical (unpaired) electrons. The molecule has 0 amide bonds. The summed E-state index contributed by atoms with van der Waals surface area (Å²) < 4.78 is 10.8. The van der Waals surface area contributed by atoms with Gasteiger partial charge in [-0.05, 0) is 12.8 Å². The van der Waals surface area contributed by atoms with E-state index >= 15 is 0 Å². The van der Waals surface area contributed by atoms with Gasteiger partial charge in [-0.2, -0.15) is 0 Å². The zero-order valence-corrected chi connectivity index (χ0v) is 25.9. The number of carboxylic acid groups (broad SMARTS) is 1. The molecule has 0 rings (SSSR count). The van der Waals surface area contributed by atoms with E-state index in [-0.39, 0.29) is 6.16 Å². The Hall–Kier alpha value is -0.380. The van der Waals surface area contributed by atoms with Gasteiger partial charge in [-0.25, -0.2) is 0 Å². The quantitative estimate of drug-likeness (QED) is 0.0562. The number of rotatable bonds is 32. The predicted molar refractivity (Wildman–Crippen MR) is 163 cm³/mol. The van der Waals surface area contributed by atoms with Crippen LogP contribution in [0.1, 0.15) is 193 Å². The van der Waals surface area contributed by atoms with Crippen LogP contribution in [0.4, 0.5) is 0 Å². The summed E-state index contributed by atoms with van der Waals surface area (Å²) in [7, 11) is -3.78. The second-order valence-corrected chi connectivity index (χ2v) is 13.6. The number of aliphatic carboxylic acids is 1. The highest BCUT2D eigenvalue weighted by Gasteiger charge is 2.10. The first-order chi connectivity index (χ1) is 18.4. The first-order valence-electron chi connectivity index (χ1n) is 16.7. The smallest absolute Gasteiger partial charge is 0.325 e. The van der Waals surface area contributed by atoms with E-state index in [9.17, 15) is 9.36 Å². The minimum atomic E-state index is -3.78. The largest absolute Gasteiger partial charge is 0.481 e. The first kappa shape index (κ1) is 37.6. The highest BCUT2D eigenvalue weighted by Crippen LogP contribution is 2.35. The van der Waals surface area contributed by atoms with Gasteiger partial charge in [0.2, 0.25) is 0 Å². The Bertz CT molecular complexity index is 534. The van der Waals surface area contributed by atoms with Crippen molar-refractivity contribution in [2.24, 2.45) is 0 Å². The molecule has 0 atom stereocenters. The van der Waals surface area contributed by atoms with E-state index in [0.717, 1.165) is 25.7 Å². The normalized spacial score (nSPS) is 11.8. The van der Waals surface area contributed by atoms with Crippen LogP contribution in [0.25, 0.3) is 0 Å². The molecule has 0 aliphatic carbocycles. The minimum absolute atomic E-state index is 0.0532. The van der Waals surface area contributed by atoms with Gasteiger partial charge in [-0.3, -0.25) is 9.36 Å². The molecule has 38 heavy (non-hydrogen) atoms. The van der Waals surface area contributed by atoms with Crippen LogP contribution in [0.2, 0.25) is 0 Å². The molecule has 3 N–H and O–H groups in total. The van der Waals surface area contributed by atoms with E-state index in [1.165, 1.54) is 154 Å². The van der Waals surface area contributed by atoms with Crippen molar-refractivity contribution in [2.75, 3.05) is 6.16 Å². The molecule has 0 fully saturated rings. The Labute approximate surface area is 236 Å². The fraction of sp³-hybridized carbons (Fsp3) is 0.969. The van der Waals surface area contributed by atoms with E-state index in [1.54, 1.807) is 0 Å². The molecule has 0 unspecified atom stereocenters. The van der Waals surface area contributed by atoms with Crippen LogP contribution in [0.5, 0.6) is 0 Å². The van der Waals surface area contributed by atoms with Crippen molar-refractivity contribution in [1.82, 2.24) is 0 Å². The Balaban J connectivity index is 3.06. The minimum Gasteiger partial charge on any atom is -0.481 e. The van der Waals surface area contributed by atoms with Crippen LogP contribution in [0.3, 0.4) is 0 Å². The Morgan fingerprint density at radius 1 is 0.368 bits per heavy atom. The van der Waals surface area contributed by atoms with Crippen molar-refractivity contribution in [2.45, 2.75) is 193 Å². The van der Waals surface area contributed by atoms with Crippen LogP contribution in [-0.4, -0.2) is 27.0 Å². The summed E-state index contributed by atoms with van der Waals surface area (Å²) in [6.45, 7) is 0. The van der Waals surface area contributed by atoms with E-state index in [0.29, 0.717) is 12.8 Å². The lowest BCUT2D eigenvalue weighted by Crippen LogP contribution is -1.93. The average Bonchev–Trinajstić information content (AvgIpc) is 2.86. The fourth-order valence-corrected chi connectivity index (χ4v) is 6.00. The van der Waals surface area contributed by atoms with Gasteiger partial charge in [0.25, 0.3) is 0 Å². The van der Waals surface area contributed by atoms with Gasteiger partial charge in [-0.1, -0.05) is 173 Å². The topological polar surface area (TPSA) is 94.8 Å². The molecule has 6 heteroatoms. The van der Waals surface area contributed by atoms with Crippen molar-refractivity contribution in [1.29, 1.82) is 0 Å². The number of carbonyl (C=O) groups is 1. The molecule has 0 saturated heterocycles. The van der Waals surface area contributed by atoms with Crippen LogP contribution < -0.4 is 0 Å². The van der Waals surface area contributed by atoms with Crippen molar-refractivity contribution in [3.8, 4) is 0 Å². The summed E-state index contributed by atoms with van der Waals surface area (Å²) in [4.78, 5) is 28.1. The fourth-order valence-electron chi connectivity index (χ4n) is 5.37. The molecule has 0 bridgehead atoms. The number of hydrogen-bond acceptors (Lipinski definition) is 2. The third-order valence-corrected chi connectivity index (χ3v) is 8.74. The molecule has 0 spiro atoms. The Morgan fingerprint density at radius 2 is 0.553 bits per heavy atom. The molecule has 0 aliphatic heterocycles. The lowest BCUT2D eigenvalue weighted by atomic mass is 10.0. The third kappa shape index (κ3) is 35.6. The second kappa shape index (κ2) is 29.6. The van der Waals surface area contributed by atoms with Crippen molar-refractivity contribution >= 4 is 13.6 Å². The molecule has 228 valence electrons. The third-order valence-electron chi connectivity index (χ3n) is 7.84. The molecule has 5 nitrogen and oxygen atoms in total. The Kier molecular flexibility index (Phi) is 29.3. The average molecular weight is 561 g/mol. The van der Waals surface area contributed by atoms with Crippen LogP contribution >= 0.6 is 7.60 Å². The van der Waals surface area contributed by atoms with Crippen LogP contribution in [0.15, 0.2) is 0 Å². The number of hydrogen-bond donors (Lipinski definition) is 3. The monoisotopic (exact) mass is 560 g/mol. The van der Waals surface area contributed by atoms with Crippen molar-refractivity contribution in [3.05, 3.63) is 0 Å². The molecule has 0 aromatic rings. The van der Waals surface area contributed by atoms with E-state index < -0.39 is 13.6 Å². The standard InChI is InChI=1S/C32H65O5P/c33-32(34)30-28-26-24-22-20-18-16-14-12-10-8-6-4-2-1-3-5-7-9-11-13-15-17-19-21-23-25-27-29-31-38(35,36)37/h1-31H2,(H,33,34)(H2,35,36,37). The summed E-state index contributed by atoms with van der Waals surface area (Å²) in [5, 5.41) is 8.62. The number of carboxylic acids is 1. The highest BCUT2D eigenvalue weighted by molar-refractivity contribution is 7.51. The van der Waals surface area contributed by atoms with E-state index in [2.05, 4.69) is 0 Å². The van der Waals surface area contributed by atoms with Gasteiger partial charge in [0, 0.05) is 12.6 Å². The lowest BCUT2D eigenvalue weighted by molar-refractivity contribution is -0.137. The SMILES string of the molecule is O=C(O)CCCCCCCCCCCCCCCCCCCCCCCCCCCCCCCP(=O)(O)O. The van der Waals surface area contributed by atoms with Gasteiger partial charge in [0.1, 0.15) is 0 Å². The molecular formula is C32H65O5P. The highest BCUT2D eigenvalue weighted by atomic mass is 31.2. The zero-order chi connectivity index (χ0) is 28.0. The summed E-state index contributed by atoms with van der Waals surface area (Å²) in [6, 6.07) is 0. The maximum Gasteiger partial charge on any atom is 0.325 e. The summed E-state index contributed by atoms with van der Waals surface area (Å²) in [5.74, 6) is -0.659. The summed E-state index contributed by atoms with van der Waals surface area (Å²) in [5.41, 5.74) is 0. The van der Waals surface area contributed by atoms with Gasteiger partial charge in [-0.15, -0.1) is 0 Å². The molecule has 0 saturated carbocycles. The maximum absolute atomic E-state index is 10.8. The van der Waals surface area contributed by atoms with Gasteiger partial charge >= 0.3 is 13.6 Å². The zero-order valence-electron chi connectivity index (χ0n) is 25.0. The van der Waals surface area contributed by atoms with Crippen LogP contribution in [-0.2, 0) is 9.36 Å². The number of unbranched alkanes of at least 4 members (excludes halogenated alkanes) is 28. The lowest BCUT2D eigenvalue weighted by Gasteiger charge is -2.05. The molecule has 0 heterocycles.